The smallest absolute Gasteiger partial charge is 0.290 e. The van der Waals surface area contributed by atoms with Crippen LogP contribution in [0.3, 0.4) is 0 Å². The lowest BCUT2D eigenvalue weighted by Crippen LogP contribution is -2.30. The van der Waals surface area contributed by atoms with Crippen LogP contribution in [-0.4, -0.2) is 30.9 Å². The van der Waals surface area contributed by atoms with Crippen LogP contribution in [0, 0.1) is 6.92 Å². The molecule has 1 heterocycles. The third-order valence-corrected chi connectivity index (χ3v) is 7.79. The van der Waals surface area contributed by atoms with E-state index < -0.39 is 27.5 Å². The molecule has 0 saturated heterocycles. The van der Waals surface area contributed by atoms with Crippen molar-refractivity contribution in [1.82, 2.24) is 4.90 Å². The van der Waals surface area contributed by atoms with E-state index in [0.29, 0.717) is 22.9 Å². The molecule has 1 aliphatic heterocycles. The number of rotatable bonds is 7. The largest absolute Gasteiger partial charge is 0.502 e. The van der Waals surface area contributed by atoms with E-state index in [1.54, 1.807) is 60.7 Å². The molecule has 3 aromatic carbocycles. The number of sulfone groups is 1. The zero-order valence-corrected chi connectivity index (χ0v) is 20.3. The lowest BCUT2D eigenvalue weighted by molar-refractivity contribution is -0.130. The van der Waals surface area contributed by atoms with Crippen LogP contribution in [0.25, 0.3) is 0 Å². The fourth-order valence-electron chi connectivity index (χ4n) is 3.94. The zero-order valence-electron chi connectivity index (χ0n) is 18.7. The number of ether oxygens (including phenoxy) is 1. The summed E-state index contributed by atoms with van der Waals surface area (Å²) in [6.07, 6.45) is 0. The van der Waals surface area contributed by atoms with E-state index in [-0.39, 0.29) is 16.3 Å². The molecule has 0 bridgehead atoms. The predicted octanol–water partition coefficient (Wildman–Crippen LogP) is 5.37. The van der Waals surface area contributed by atoms with Gasteiger partial charge in [0.25, 0.3) is 5.91 Å². The Kier molecular flexibility index (Phi) is 6.68. The molecule has 0 unspecified atom stereocenters. The van der Waals surface area contributed by atoms with Crippen molar-refractivity contribution in [2.75, 3.05) is 6.61 Å². The molecular formula is C26H24ClNO5S. The Labute approximate surface area is 204 Å². The van der Waals surface area contributed by atoms with Crippen LogP contribution in [0.2, 0.25) is 5.02 Å². The topological polar surface area (TPSA) is 83.9 Å². The van der Waals surface area contributed by atoms with Gasteiger partial charge in [-0.25, -0.2) is 8.42 Å². The van der Waals surface area contributed by atoms with Crippen LogP contribution in [0.4, 0.5) is 0 Å². The first-order valence-electron chi connectivity index (χ1n) is 10.8. The van der Waals surface area contributed by atoms with Crippen LogP contribution >= 0.6 is 11.6 Å². The number of aliphatic hydroxyl groups is 1. The summed E-state index contributed by atoms with van der Waals surface area (Å²) >= 11 is 5.99. The van der Waals surface area contributed by atoms with Crippen molar-refractivity contribution in [3.05, 3.63) is 105 Å². The van der Waals surface area contributed by atoms with Crippen molar-refractivity contribution in [3.8, 4) is 5.75 Å². The molecule has 8 heteroatoms. The van der Waals surface area contributed by atoms with E-state index in [0.717, 1.165) is 11.1 Å². The van der Waals surface area contributed by atoms with E-state index in [2.05, 4.69) is 0 Å². The summed E-state index contributed by atoms with van der Waals surface area (Å²) in [6, 6.07) is 19.1. The van der Waals surface area contributed by atoms with Gasteiger partial charge in [0.2, 0.25) is 9.84 Å². The second-order valence-corrected chi connectivity index (χ2v) is 10.3. The fraction of sp³-hybridized carbons (Fsp3) is 0.192. The Hall–Kier alpha value is -3.29. The molecule has 34 heavy (non-hydrogen) atoms. The highest BCUT2D eigenvalue weighted by Gasteiger charge is 2.46. The van der Waals surface area contributed by atoms with Crippen molar-refractivity contribution >= 4 is 27.3 Å². The van der Waals surface area contributed by atoms with Crippen molar-refractivity contribution in [2.45, 2.75) is 31.3 Å². The van der Waals surface area contributed by atoms with Crippen LogP contribution < -0.4 is 4.74 Å². The maximum absolute atomic E-state index is 13.7. The van der Waals surface area contributed by atoms with Gasteiger partial charge in [-0.15, -0.1) is 0 Å². The van der Waals surface area contributed by atoms with Crippen LogP contribution in [0.15, 0.2) is 88.4 Å². The van der Waals surface area contributed by atoms with Gasteiger partial charge in [0.1, 0.15) is 10.7 Å². The third-order valence-electron chi connectivity index (χ3n) is 5.65. The number of aryl methyl sites for hydroxylation is 1. The summed E-state index contributed by atoms with van der Waals surface area (Å²) in [6.45, 7) is 4.29. The second-order valence-electron chi connectivity index (χ2n) is 7.99. The number of carbonyl (C=O) groups is 1. The minimum absolute atomic E-state index is 0.0109. The van der Waals surface area contributed by atoms with Gasteiger partial charge in [0, 0.05) is 11.6 Å². The normalized spacial score (nSPS) is 16.3. The van der Waals surface area contributed by atoms with Crippen LogP contribution in [-0.2, 0) is 21.2 Å². The predicted molar refractivity (Wildman–Crippen MR) is 130 cm³/mol. The number of nitrogens with zero attached hydrogens (tertiary/aromatic N) is 1. The summed E-state index contributed by atoms with van der Waals surface area (Å²) in [5.74, 6) is -0.899. The number of benzene rings is 3. The molecule has 1 amide bonds. The molecule has 0 fully saturated rings. The van der Waals surface area contributed by atoms with Crippen LogP contribution in [0.5, 0.6) is 5.75 Å². The molecule has 0 spiro atoms. The number of halogens is 1. The van der Waals surface area contributed by atoms with Gasteiger partial charge in [-0.2, -0.15) is 0 Å². The highest BCUT2D eigenvalue weighted by molar-refractivity contribution is 7.95. The van der Waals surface area contributed by atoms with Crippen molar-refractivity contribution < 1.29 is 23.1 Å². The molecule has 1 atom stereocenters. The number of aliphatic hydroxyl groups excluding tert-OH is 1. The summed E-state index contributed by atoms with van der Waals surface area (Å²) in [4.78, 5) is 14.2. The Morgan fingerprint density at radius 2 is 1.59 bits per heavy atom. The van der Waals surface area contributed by atoms with Gasteiger partial charge >= 0.3 is 0 Å². The zero-order chi connectivity index (χ0) is 24.5. The first-order valence-corrected chi connectivity index (χ1v) is 12.6. The molecule has 1 aliphatic rings. The third kappa shape index (κ3) is 4.54. The first kappa shape index (κ1) is 23.9. The number of hydrogen-bond acceptors (Lipinski definition) is 5. The van der Waals surface area contributed by atoms with Crippen molar-refractivity contribution in [1.29, 1.82) is 0 Å². The van der Waals surface area contributed by atoms with Gasteiger partial charge in [0.05, 0.1) is 17.5 Å². The Morgan fingerprint density at radius 3 is 2.18 bits per heavy atom. The SMILES string of the molecule is CCOc1ccc([C@@H]2C(S(=O)(=O)c3ccc(C)cc3)=C(O)C(=O)N2Cc2ccc(Cl)cc2)cc1. The quantitative estimate of drug-likeness (QED) is 0.474. The minimum Gasteiger partial charge on any atom is -0.502 e. The molecule has 0 aromatic heterocycles. The number of carbonyl (C=O) groups excluding carboxylic acids is 1. The van der Waals surface area contributed by atoms with E-state index in [1.165, 1.54) is 17.0 Å². The highest BCUT2D eigenvalue weighted by Crippen LogP contribution is 2.43. The lowest BCUT2D eigenvalue weighted by Gasteiger charge is -2.27. The van der Waals surface area contributed by atoms with Gasteiger partial charge < -0.3 is 14.7 Å². The van der Waals surface area contributed by atoms with Crippen molar-refractivity contribution in [2.24, 2.45) is 0 Å². The van der Waals surface area contributed by atoms with Crippen molar-refractivity contribution in [3.63, 3.8) is 0 Å². The second kappa shape index (κ2) is 9.52. The summed E-state index contributed by atoms with van der Waals surface area (Å²) in [5.41, 5.74) is 2.18. The average Bonchev–Trinajstić information content (AvgIpc) is 3.07. The fourth-order valence-corrected chi connectivity index (χ4v) is 5.72. The van der Waals surface area contributed by atoms with Gasteiger partial charge in [-0.05, 0) is 61.4 Å². The first-order chi connectivity index (χ1) is 16.2. The van der Waals surface area contributed by atoms with Crippen LogP contribution in [0.1, 0.15) is 29.7 Å². The highest BCUT2D eigenvalue weighted by atomic mass is 35.5. The Morgan fingerprint density at radius 1 is 0.971 bits per heavy atom. The maximum Gasteiger partial charge on any atom is 0.290 e. The molecule has 0 aliphatic carbocycles. The Balaban J connectivity index is 1.82. The van der Waals surface area contributed by atoms with E-state index >= 15 is 0 Å². The molecule has 4 rings (SSSR count). The summed E-state index contributed by atoms with van der Waals surface area (Å²) in [5, 5.41) is 11.4. The van der Waals surface area contributed by atoms with Gasteiger partial charge in [-0.3, -0.25) is 4.79 Å². The number of hydrogen-bond donors (Lipinski definition) is 1. The maximum atomic E-state index is 13.7. The number of amides is 1. The summed E-state index contributed by atoms with van der Waals surface area (Å²) < 4.78 is 32.8. The monoisotopic (exact) mass is 497 g/mol. The molecule has 0 radical (unpaired) electrons. The lowest BCUT2D eigenvalue weighted by atomic mass is 10.1. The molecular weight excluding hydrogens is 474 g/mol. The Bertz CT molecular complexity index is 1330. The molecule has 6 nitrogen and oxygen atoms in total. The van der Waals surface area contributed by atoms with E-state index in [9.17, 15) is 18.3 Å². The molecule has 176 valence electrons. The van der Waals surface area contributed by atoms with E-state index in [1.807, 2.05) is 13.8 Å². The average molecular weight is 498 g/mol. The molecule has 1 N–H and O–H groups in total. The van der Waals surface area contributed by atoms with Gasteiger partial charge in [0.15, 0.2) is 5.76 Å². The summed E-state index contributed by atoms with van der Waals surface area (Å²) in [7, 11) is -4.17. The minimum atomic E-state index is -4.17. The molecule has 0 saturated carbocycles. The van der Waals surface area contributed by atoms with E-state index in [4.69, 9.17) is 16.3 Å². The molecule has 3 aromatic rings. The van der Waals surface area contributed by atoms with Gasteiger partial charge in [-0.1, -0.05) is 53.6 Å². The standard InChI is InChI=1S/C26H24ClNO5S/c1-3-33-21-12-8-19(9-13-21)23-25(34(31,32)22-14-4-17(2)5-15-22)24(29)26(30)28(23)16-18-6-10-20(27)11-7-18/h4-15,23,29H,3,16H2,1-2H3/t23-/m1/s1.